The van der Waals surface area contributed by atoms with Crippen LogP contribution in [0.3, 0.4) is 0 Å². The van der Waals surface area contributed by atoms with Crippen molar-refractivity contribution in [3.05, 3.63) is 148 Å². The van der Waals surface area contributed by atoms with Gasteiger partial charge in [0.1, 0.15) is 5.58 Å². The van der Waals surface area contributed by atoms with Gasteiger partial charge in [0, 0.05) is 33.8 Å². The number of hydrogen-bond donors (Lipinski definition) is 0. The Morgan fingerprint density at radius 1 is 0.378 bits per heavy atom. The van der Waals surface area contributed by atoms with Crippen LogP contribution >= 0.6 is 0 Å². The highest BCUT2D eigenvalue weighted by molar-refractivity contribution is 7.00. The van der Waals surface area contributed by atoms with E-state index in [1.807, 2.05) is 0 Å². The summed E-state index contributed by atoms with van der Waals surface area (Å²) >= 11 is 0. The second kappa shape index (κ2) is 14.7. The smallest absolute Gasteiger partial charge is 0.297 e. The van der Waals surface area contributed by atoms with Crippen LogP contribution in [0.1, 0.15) is 206 Å². The van der Waals surface area contributed by atoms with Gasteiger partial charge in [-0.1, -0.05) is 145 Å². The van der Waals surface area contributed by atoms with Crippen molar-refractivity contribution in [3.63, 3.8) is 0 Å². The number of furan rings is 1. The first-order valence-electron chi connectivity index (χ1n) is 28.8. The van der Waals surface area contributed by atoms with Crippen LogP contribution < -0.4 is 26.4 Å². The molecular weight excluding hydrogens is 896 g/mol. The van der Waals surface area contributed by atoms with E-state index in [1.54, 1.807) is 5.56 Å². The number of nitrogens with zero attached hydrogens (tertiary/aromatic N) is 2. The van der Waals surface area contributed by atoms with E-state index in [1.165, 1.54) is 152 Å². The van der Waals surface area contributed by atoms with E-state index in [0.717, 1.165) is 24.1 Å². The zero-order chi connectivity index (χ0) is 51.7. The molecule has 3 nitrogen and oxygen atoms in total. The molecule has 0 atom stereocenters. The Balaban J connectivity index is 1.14. The van der Waals surface area contributed by atoms with Crippen molar-refractivity contribution in [1.82, 2.24) is 0 Å². The predicted molar refractivity (Wildman–Crippen MR) is 315 cm³/mol. The van der Waals surface area contributed by atoms with Gasteiger partial charge in [0.2, 0.25) is 0 Å². The zero-order valence-corrected chi connectivity index (χ0v) is 47.3. The summed E-state index contributed by atoms with van der Waals surface area (Å²) in [7, 11) is 0. The number of fused-ring (bicyclic) bond motifs is 11. The third-order valence-electron chi connectivity index (χ3n) is 21.8. The van der Waals surface area contributed by atoms with E-state index in [2.05, 4.69) is 210 Å². The lowest BCUT2D eigenvalue weighted by Gasteiger charge is -2.52. The van der Waals surface area contributed by atoms with E-state index >= 15 is 0 Å². The monoisotopic (exact) mass is 975 g/mol. The van der Waals surface area contributed by atoms with Crippen molar-refractivity contribution in [2.24, 2.45) is 0 Å². The van der Waals surface area contributed by atoms with Crippen molar-refractivity contribution in [3.8, 4) is 11.1 Å². The Morgan fingerprint density at radius 2 is 0.824 bits per heavy atom. The van der Waals surface area contributed by atoms with Crippen molar-refractivity contribution in [2.45, 2.75) is 204 Å². The third-order valence-corrected chi connectivity index (χ3v) is 21.8. The Kier molecular flexibility index (Phi) is 9.35. The summed E-state index contributed by atoms with van der Waals surface area (Å²) < 4.78 is 7.84. The molecule has 0 amide bonds. The van der Waals surface area contributed by atoms with E-state index in [4.69, 9.17) is 4.42 Å². The lowest BCUT2D eigenvalue weighted by atomic mass is 9.35. The van der Waals surface area contributed by atoms with Crippen molar-refractivity contribution < 1.29 is 4.42 Å². The third kappa shape index (κ3) is 6.38. The zero-order valence-electron chi connectivity index (χ0n) is 47.3. The molecule has 0 N–H and O–H groups in total. The van der Waals surface area contributed by atoms with Crippen LogP contribution in [0.25, 0.3) is 22.1 Å². The molecule has 1 fully saturated rings. The Hall–Kier alpha value is -5.48. The summed E-state index contributed by atoms with van der Waals surface area (Å²) in [4.78, 5) is 5.42. The maximum atomic E-state index is 7.84. The highest BCUT2D eigenvalue weighted by Gasteiger charge is 2.52. The van der Waals surface area contributed by atoms with Gasteiger partial charge < -0.3 is 14.2 Å². The summed E-state index contributed by atoms with van der Waals surface area (Å²) in [6.07, 6.45) is 12.0. The summed E-state index contributed by atoms with van der Waals surface area (Å²) in [5.41, 5.74) is 27.5. The molecule has 0 unspecified atom stereocenters. The van der Waals surface area contributed by atoms with Gasteiger partial charge in [-0.3, -0.25) is 0 Å². The van der Waals surface area contributed by atoms with Gasteiger partial charge in [0.15, 0.2) is 0 Å². The lowest BCUT2D eigenvalue weighted by Crippen LogP contribution is -2.61. The topological polar surface area (TPSA) is 19.6 Å². The molecule has 74 heavy (non-hydrogen) atoms. The average molecular weight is 975 g/mol. The highest BCUT2D eigenvalue weighted by atomic mass is 16.3. The minimum absolute atomic E-state index is 0.0246. The van der Waals surface area contributed by atoms with Crippen LogP contribution in [0, 0.1) is 0 Å². The van der Waals surface area contributed by atoms with Crippen LogP contribution in [-0.4, -0.2) is 6.71 Å². The largest absolute Gasteiger partial charge is 0.468 e. The molecule has 6 aliphatic carbocycles. The maximum absolute atomic E-state index is 7.84. The second-order valence-electron chi connectivity index (χ2n) is 29.4. The van der Waals surface area contributed by atoms with E-state index in [-0.39, 0.29) is 50.0 Å². The lowest BCUT2D eigenvalue weighted by molar-refractivity contribution is 0.188. The van der Waals surface area contributed by atoms with Crippen molar-refractivity contribution in [2.75, 3.05) is 9.80 Å². The van der Waals surface area contributed by atoms with Crippen molar-refractivity contribution in [1.29, 1.82) is 0 Å². The van der Waals surface area contributed by atoms with Gasteiger partial charge in [0.05, 0.1) is 11.3 Å². The molecular formula is C70H79BN2O. The van der Waals surface area contributed by atoms with Gasteiger partial charge in [-0.25, -0.2) is 0 Å². The van der Waals surface area contributed by atoms with Gasteiger partial charge >= 0.3 is 0 Å². The van der Waals surface area contributed by atoms with E-state index in [0.29, 0.717) is 0 Å². The summed E-state index contributed by atoms with van der Waals surface area (Å²) in [5, 5.41) is 1.26. The molecule has 378 valence electrons. The van der Waals surface area contributed by atoms with Crippen LogP contribution in [0.4, 0.5) is 34.1 Å². The Morgan fingerprint density at radius 3 is 1.35 bits per heavy atom. The van der Waals surface area contributed by atoms with Crippen LogP contribution in [0.15, 0.2) is 108 Å². The molecule has 1 aromatic heterocycles. The summed E-state index contributed by atoms with van der Waals surface area (Å²) in [6, 6.07) is 42.0. The molecule has 8 aliphatic rings. The van der Waals surface area contributed by atoms with Gasteiger partial charge in [0.25, 0.3) is 6.71 Å². The molecule has 4 heteroatoms. The number of benzene rings is 6. The molecule has 0 saturated heterocycles. The SMILES string of the molecule is CC1(C)CCC(C)(C)c2cc(N3c4cc5c(cc4B4c6oc7cc8c(cc7c6N(c6ccc7c(c6)C(C)(C)CCC7(C)C)c6cc(-c7ccccc7)cc3c64)C3(C)CCC8(C)CC3)C(C)(C)CCC5(C)C)ccc21. The van der Waals surface area contributed by atoms with Crippen molar-refractivity contribution >= 4 is 68.4 Å². The normalized spacial score (nSPS) is 25.3. The first-order chi connectivity index (χ1) is 34.8. The van der Waals surface area contributed by atoms with E-state index in [9.17, 15) is 0 Å². The fourth-order valence-corrected chi connectivity index (χ4v) is 16.3. The first-order valence-corrected chi connectivity index (χ1v) is 28.8. The van der Waals surface area contributed by atoms with E-state index < -0.39 is 0 Å². The molecule has 3 heterocycles. The molecule has 2 bridgehead atoms. The fraction of sp³-hybridized carbons (Fsp3) is 0.457. The molecule has 7 aromatic rings. The second-order valence-corrected chi connectivity index (χ2v) is 29.4. The maximum Gasteiger partial charge on any atom is 0.297 e. The molecule has 6 aromatic carbocycles. The summed E-state index contributed by atoms with van der Waals surface area (Å²) in [5.74, 6) is 0. The Bertz CT molecular complexity index is 3570. The quantitative estimate of drug-likeness (QED) is 0.165. The van der Waals surface area contributed by atoms with Gasteiger partial charge in [-0.15, -0.1) is 0 Å². The Labute approximate surface area is 443 Å². The minimum Gasteiger partial charge on any atom is -0.468 e. The molecule has 1 saturated carbocycles. The number of anilines is 6. The van der Waals surface area contributed by atoms with Crippen LogP contribution in [0.5, 0.6) is 0 Å². The molecule has 2 aliphatic heterocycles. The van der Waals surface area contributed by atoms with Crippen LogP contribution in [-0.2, 0) is 43.3 Å². The molecule has 0 radical (unpaired) electrons. The van der Waals surface area contributed by atoms with Gasteiger partial charge in [-0.05, 0) is 229 Å². The number of hydrogen-bond acceptors (Lipinski definition) is 3. The fourth-order valence-electron chi connectivity index (χ4n) is 16.3. The average Bonchev–Trinajstić information content (AvgIpc) is 3.75. The molecule has 0 spiro atoms. The van der Waals surface area contributed by atoms with Gasteiger partial charge in [-0.2, -0.15) is 0 Å². The standard InChI is InChI=1S/C70H79BN2O/c1-63(2)24-26-65(5,6)49-36-44(20-22-47(49)63)72-56-40-52-51(67(9,10)28-29-68(52,11)12)39-55(56)71-60-57(72)34-43(42-18-16-15-17-19-42)35-58(60)73(45-21-23-48-50(37-45)66(7,8)27-25-64(48,3)4)61-46-38-53-54(41-59(46)74-62(61)71)70(14)32-30-69(53,13)31-33-70/h15-23,34-41H,24-33H2,1-14H3. The van der Waals surface area contributed by atoms with Crippen LogP contribution in [0.2, 0.25) is 0 Å². The predicted octanol–water partition coefficient (Wildman–Crippen LogP) is 17.3. The minimum atomic E-state index is -0.123. The summed E-state index contributed by atoms with van der Waals surface area (Å²) in [6.45, 7) is 34.7. The number of rotatable bonds is 3. The highest BCUT2D eigenvalue weighted by Crippen LogP contribution is 2.60. The molecule has 15 rings (SSSR count). The first kappa shape index (κ1) is 47.0.